The fourth-order valence-corrected chi connectivity index (χ4v) is 4.57. The van der Waals surface area contributed by atoms with Gasteiger partial charge in [0.25, 0.3) is 10.2 Å². The van der Waals surface area contributed by atoms with Crippen molar-refractivity contribution in [2.45, 2.75) is 44.9 Å². The van der Waals surface area contributed by atoms with Crippen LogP contribution in [-0.4, -0.2) is 56.7 Å². The van der Waals surface area contributed by atoms with E-state index in [0.717, 1.165) is 19.4 Å². The van der Waals surface area contributed by atoms with Crippen LogP contribution in [0.4, 0.5) is 0 Å². The van der Waals surface area contributed by atoms with Gasteiger partial charge in [0.05, 0.1) is 5.92 Å². The van der Waals surface area contributed by atoms with E-state index in [-0.39, 0.29) is 11.8 Å². The standard InChI is InChI=1S/C15H29N3O3S/c1-17(2)22(20,21)18-10-6-9-14(12-18)15(19)16-11-13-7-4-3-5-8-13/h13-14H,3-12H2,1-2H3,(H,16,19)/t14-/m1/s1. The van der Waals surface area contributed by atoms with E-state index >= 15 is 0 Å². The number of carbonyl (C=O) groups is 1. The second-order valence-electron chi connectivity index (χ2n) is 6.74. The molecule has 2 rings (SSSR count). The van der Waals surface area contributed by atoms with Crippen molar-refractivity contribution in [1.29, 1.82) is 0 Å². The minimum absolute atomic E-state index is 0.0178. The fraction of sp³-hybridized carbons (Fsp3) is 0.933. The Labute approximate surface area is 134 Å². The molecular weight excluding hydrogens is 302 g/mol. The maximum Gasteiger partial charge on any atom is 0.281 e. The normalized spacial score (nSPS) is 25.3. The summed E-state index contributed by atoms with van der Waals surface area (Å²) >= 11 is 0. The predicted octanol–water partition coefficient (Wildman–Crippen LogP) is 1.20. The van der Waals surface area contributed by atoms with Gasteiger partial charge in [0, 0.05) is 33.7 Å². The van der Waals surface area contributed by atoms with Crippen LogP contribution in [0.25, 0.3) is 0 Å². The molecule has 0 unspecified atom stereocenters. The number of rotatable bonds is 5. The summed E-state index contributed by atoms with van der Waals surface area (Å²) in [6.45, 7) is 1.56. The van der Waals surface area contributed by atoms with Crippen LogP contribution in [-0.2, 0) is 15.0 Å². The first-order valence-electron chi connectivity index (χ1n) is 8.36. The monoisotopic (exact) mass is 331 g/mol. The largest absolute Gasteiger partial charge is 0.356 e. The van der Waals surface area contributed by atoms with Crippen LogP contribution in [0.3, 0.4) is 0 Å². The summed E-state index contributed by atoms with van der Waals surface area (Å²) in [6.07, 6.45) is 7.75. The smallest absolute Gasteiger partial charge is 0.281 e. The van der Waals surface area contributed by atoms with Gasteiger partial charge in [-0.2, -0.15) is 17.0 Å². The van der Waals surface area contributed by atoms with Crippen molar-refractivity contribution in [2.75, 3.05) is 33.7 Å². The van der Waals surface area contributed by atoms with E-state index in [0.29, 0.717) is 19.0 Å². The van der Waals surface area contributed by atoms with E-state index < -0.39 is 10.2 Å². The molecule has 1 aliphatic carbocycles. The van der Waals surface area contributed by atoms with Crippen molar-refractivity contribution in [3.05, 3.63) is 0 Å². The maximum atomic E-state index is 12.3. The van der Waals surface area contributed by atoms with Crippen molar-refractivity contribution >= 4 is 16.1 Å². The molecule has 7 heteroatoms. The molecule has 128 valence electrons. The molecule has 6 nitrogen and oxygen atoms in total. The van der Waals surface area contributed by atoms with Crippen LogP contribution in [0, 0.1) is 11.8 Å². The Balaban J connectivity index is 1.84. The van der Waals surface area contributed by atoms with Crippen molar-refractivity contribution in [2.24, 2.45) is 11.8 Å². The fourth-order valence-electron chi connectivity index (χ4n) is 3.38. The highest BCUT2D eigenvalue weighted by atomic mass is 32.2. The molecule has 1 amide bonds. The van der Waals surface area contributed by atoms with Gasteiger partial charge in [-0.25, -0.2) is 0 Å². The lowest BCUT2D eigenvalue weighted by Crippen LogP contribution is -2.49. The Morgan fingerprint density at radius 2 is 1.82 bits per heavy atom. The molecular formula is C15H29N3O3S. The lowest BCUT2D eigenvalue weighted by Gasteiger charge is -2.33. The van der Waals surface area contributed by atoms with Crippen LogP contribution >= 0.6 is 0 Å². The highest BCUT2D eigenvalue weighted by Crippen LogP contribution is 2.24. The number of piperidine rings is 1. The highest BCUT2D eigenvalue weighted by Gasteiger charge is 2.33. The summed E-state index contributed by atoms with van der Waals surface area (Å²) < 4.78 is 27.0. The van der Waals surface area contributed by atoms with E-state index in [9.17, 15) is 13.2 Å². The third kappa shape index (κ3) is 4.43. The third-order valence-corrected chi connectivity index (χ3v) is 6.74. The topological polar surface area (TPSA) is 69.7 Å². The van der Waals surface area contributed by atoms with Gasteiger partial charge in [-0.1, -0.05) is 19.3 Å². The summed E-state index contributed by atoms with van der Waals surface area (Å²) in [6, 6.07) is 0. The average molecular weight is 331 g/mol. The minimum Gasteiger partial charge on any atom is -0.356 e. The Kier molecular flexibility index (Phi) is 6.23. The maximum absolute atomic E-state index is 12.3. The summed E-state index contributed by atoms with van der Waals surface area (Å²) in [4.78, 5) is 12.3. The summed E-state index contributed by atoms with van der Waals surface area (Å²) in [5.74, 6) is 0.402. The number of nitrogens with one attached hydrogen (secondary N) is 1. The molecule has 1 saturated heterocycles. The molecule has 0 aromatic rings. The zero-order valence-corrected chi connectivity index (χ0v) is 14.6. The Hall–Kier alpha value is -0.660. The third-order valence-electron chi connectivity index (χ3n) is 4.83. The number of nitrogens with zero attached hydrogens (tertiary/aromatic N) is 2. The first-order chi connectivity index (χ1) is 10.4. The molecule has 2 fully saturated rings. The lowest BCUT2D eigenvalue weighted by molar-refractivity contribution is -0.126. The van der Waals surface area contributed by atoms with Crippen molar-refractivity contribution < 1.29 is 13.2 Å². The van der Waals surface area contributed by atoms with Gasteiger partial charge < -0.3 is 5.32 Å². The molecule has 0 aromatic carbocycles. The van der Waals surface area contributed by atoms with Crippen LogP contribution in [0.5, 0.6) is 0 Å². The second-order valence-corrected chi connectivity index (χ2v) is 8.88. The zero-order chi connectivity index (χ0) is 16.2. The van der Waals surface area contributed by atoms with Crippen molar-refractivity contribution in [3.63, 3.8) is 0 Å². The first-order valence-corrected chi connectivity index (χ1v) is 9.76. The van der Waals surface area contributed by atoms with Gasteiger partial charge in [-0.15, -0.1) is 0 Å². The number of carbonyl (C=O) groups excluding carboxylic acids is 1. The van der Waals surface area contributed by atoms with Crippen LogP contribution in [0.1, 0.15) is 44.9 Å². The van der Waals surface area contributed by atoms with E-state index in [1.54, 1.807) is 0 Å². The van der Waals surface area contributed by atoms with Gasteiger partial charge in [0.15, 0.2) is 0 Å². The first kappa shape index (κ1) is 17.7. The molecule has 1 N–H and O–H groups in total. The molecule has 1 atom stereocenters. The number of hydrogen-bond donors (Lipinski definition) is 1. The van der Waals surface area contributed by atoms with Crippen LogP contribution in [0.15, 0.2) is 0 Å². The van der Waals surface area contributed by atoms with E-state index in [1.807, 2.05) is 0 Å². The molecule has 0 aromatic heterocycles. The molecule has 0 spiro atoms. The minimum atomic E-state index is -3.42. The number of hydrogen-bond acceptors (Lipinski definition) is 3. The average Bonchev–Trinajstić information content (AvgIpc) is 2.53. The van der Waals surface area contributed by atoms with Crippen LogP contribution in [0.2, 0.25) is 0 Å². The SMILES string of the molecule is CN(C)S(=O)(=O)N1CCC[C@@H](C(=O)NCC2CCCCC2)C1. The van der Waals surface area contributed by atoms with Gasteiger partial charge in [-0.3, -0.25) is 4.79 Å². The molecule has 22 heavy (non-hydrogen) atoms. The van der Waals surface area contributed by atoms with Crippen molar-refractivity contribution in [3.8, 4) is 0 Å². The molecule has 1 heterocycles. The van der Waals surface area contributed by atoms with Crippen molar-refractivity contribution in [1.82, 2.24) is 13.9 Å². The summed E-state index contributed by atoms with van der Waals surface area (Å²) in [5.41, 5.74) is 0. The summed E-state index contributed by atoms with van der Waals surface area (Å²) in [5, 5.41) is 3.05. The van der Waals surface area contributed by atoms with E-state index in [4.69, 9.17) is 0 Å². The second kappa shape index (κ2) is 7.75. The highest BCUT2D eigenvalue weighted by molar-refractivity contribution is 7.86. The molecule has 0 bridgehead atoms. The number of amides is 1. The Morgan fingerprint density at radius 3 is 2.45 bits per heavy atom. The predicted molar refractivity (Wildman–Crippen MR) is 86.5 cm³/mol. The lowest BCUT2D eigenvalue weighted by atomic mass is 9.89. The Morgan fingerprint density at radius 1 is 1.14 bits per heavy atom. The molecule has 0 radical (unpaired) electrons. The quantitative estimate of drug-likeness (QED) is 0.823. The van der Waals surface area contributed by atoms with Gasteiger partial charge >= 0.3 is 0 Å². The van der Waals surface area contributed by atoms with Gasteiger partial charge in [0.1, 0.15) is 0 Å². The van der Waals surface area contributed by atoms with Gasteiger partial charge in [-0.05, 0) is 31.6 Å². The zero-order valence-electron chi connectivity index (χ0n) is 13.8. The Bertz CT molecular complexity index is 472. The summed E-state index contributed by atoms with van der Waals surface area (Å²) in [7, 11) is -0.355. The van der Waals surface area contributed by atoms with Crippen LogP contribution < -0.4 is 5.32 Å². The molecule has 1 aliphatic heterocycles. The van der Waals surface area contributed by atoms with Gasteiger partial charge in [0.2, 0.25) is 5.91 Å². The molecule has 2 aliphatic rings. The van der Waals surface area contributed by atoms with E-state index in [2.05, 4.69) is 5.32 Å². The van der Waals surface area contributed by atoms with E-state index in [1.165, 1.54) is 54.8 Å². The molecule has 1 saturated carbocycles.